The summed E-state index contributed by atoms with van der Waals surface area (Å²) in [5.74, 6) is -4.13. The fourth-order valence-corrected chi connectivity index (χ4v) is 4.19. The van der Waals surface area contributed by atoms with Crippen LogP contribution in [0.2, 0.25) is 0 Å². The quantitative estimate of drug-likeness (QED) is 0.459. The van der Waals surface area contributed by atoms with Crippen LogP contribution < -0.4 is 4.74 Å². The van der Waals surface area contributed by atoms with E-state index in [0.29, 0.717) is 11.1 Å². The molecule has 0 fully saturated rings. The molecule has 0 aromatic heterocycles. The van der Waals surface area contributed by atoms with E-state index in [9.17, 15) is 34.8 Å². The van der Waals surface area contributed by atoms with Gasteiger partial charge in [0.25, 0.3) is 0 Å². The summed E-state index contributed by atoms with van der Waals surface area (Å²) in [6.45, 7) is 0. The van der Waals surface area contributed by atoms with E-state index in [-0.39, 0.29) is 34.1 Å². The van der Waals surface area contributed by atoms with Crippen molar-refractivity contribution in [2.45, 2.75) is 5.60 Å². The molecule has 2 aliphatic rings. The number of phenolic OH excluding ortho intramolecular Hbond substituents is 2. The molecule has 0 atom stereocenters. The van der Waals surface area contributed by atoms with Crippen LogP contribution in [0.25, 0.3) is 0 Å². The van der Waals surface area contributed by atoms with Crippen LogP contribution in [0.15, 0.2) is 48.5 Å². The molecular formula is C22H12O9. The maximum atomic E-state index is 13.0. The minimum atomic E-state index is -1.67. The van der Waals surface area contributed by atoms with Crippen molar-refractivity contribution in [3.05, 3.63) is 81.9 Å². The second kappa shape index (κ2) is 5.99. The molecule has 2 aliphatic heterocycles. The van der Waals surface area contributed by atoms with Gasteiger partial charge in [0.2, 0.25) is 0 Å². The van der Waals surface area contributed by atoms with Gasteiger partial charge < -0.3 is 29.9 Å². The smallest absolute Gasteiger partial charge is 0.341 e. The van der Waals surface area contributed by atoms with E-state index < -0.39 is 34.6 Å². The van der Waals surface area contributed by atoms with E-state index in [1.165, 1.54) is 42.5 Å². The lowest BCUT2D eigenvalue weighted by molar-refractivity contribution is 0.0222. The second-order valence-corrected chi connectivity index (χ2v) is 7.05. The minimum Gasteiger partial charge on any atom is -0.508 e. The number of carbonyl (C=O) groups is 3. The van der Waals surface area contributed by atoms with E-state index >= 15 is 0 Å². The van der Waals surface area contributed by atoms with Gasteiger partial charge in [-0.2, -0.15) is 0 Å². The molecule has 9 nitrogen and oxygen atoms in total. The fraction of sp³-hybridized carbons (Fsp3) is 0.0455. The number of carboxylic acid groups (broad SMARTS) is 2. The molecule has 3 aromatic carbocycles. The van der Waals surface area contributed by atoms with Gasteiger partial charge in [0, 0.05) is 28.8 Å². The van der Waals surface area contributed by atoms with E-state index in [0.717, 1.165) is 6.07 Å². The van der Waals surface area contributed by atoms with Crippen LogP contribution in [-0.2, 0) is 10.3 Å². The van der Waals surface area contributed by atoms with E-state index in [1.54, 1.807) is 0 Å². The molecule has 154 valence electrons. The Morgan fingerprint density at radius 1 is 0.774 bits per heavy atom. The lowest BCUT2D eigenvalue weighted by Gasteiger charge is -2.36. The Labute approximate surface area is 173 Å². The molecule has 5 rings (SSSR count). The van der Waals surface area contributed by atoms with Gasteiger partial charge in [-0.25, -0.2) is 14.4 Å². The standard InChI is InChI=1S/C22H12O9/c23-9-1-4-12-15(7-9)30-16-8-10(24)2-5-13(16)22(12)14-6-3-11(19(25)26)17(20(27)28)18(14)21(29)31-22/h1-8,23-24H,(H,25,26)(H,27,28). The fourth-order valence-electron chi connectivity index (χ4n) is 4.19. The monoisotopic (exact) mass is 420 g/mol. The molecule has 3 aromatic rings. The lowest BCUT2D eigenvalue weighted by atomic mass is 9.76. The van der Waals surface area contributed by atoms with Crippen molar-refractivity contribution in [3.63, 3.8) is 0 Å². The van der Waals surface area contributed by atoms with Crippen LogP contribution in [0.5, 0.6) is 23.0 Å². The number of benzene rings is 3. The Morgan fingerprint density at radius 2 is 1.32 bits per heavy atom. The number of aromatic hydroxyl groups is 2. The highest BCUT2D eigenvalue weighted by atomic mass is 16.6. The first-order valence-corrected chi connectivity index (χ1v) is 8.96. The average molecular weight is 420 g/mol. The molecule has 0 bridgehead atoms. The van der Waals surface area contributed by atoms with Crippen molar-refractivity contribution in [1.29, 1.82) is 0 Å². The Balaban J connectivity index is 1.92. The largest absolute Gasteiger partial charge is 0.508 e. The zero-order valence-electron chi connectivity index (χ0n) is 15.4. The number of hydrogen-bond donors (Lipinski definition) is 4. The molecule has 0 aliphatic carbocycles. The van der Waals surface area contributed by atoms with Gasteiger partial charge in [-0.3, -0.25) is 0 Å². The molecule has 9 heteroatoms. The Morgan fingerprint density at radius 3 is 1.84 bits per heavy atom. The number of rotatable bonds is 2. The molecule has 4 N–H and O–H groups in total. The van der Waals surface area contributed by atoms with Crippen LogP contribution in [0.3, 0.4) is 0 Å². The number of aromatic carboxylic acids is 2. The summed E-state index contributed by atoms with van der Waals surface area (Å²) in [6, 6.07) is 10.6. The van der Waals surface area contributed by atoms with Crippen molar-refractivity contribution < 1.29 is 44.3 Å². The summed E-state index contributed by atoms with van der Waals surface area (Å²) in [7, 11) is 0. The summed E-state index contributed by atoms with van der Waals surface area (Å²) in [5.41, 5.74) is -2.57. The molecule has 0 saturated carbocycles. The van der Waals surface area contributed by atoms with Crippen LogP contribution >= 0.6 is 0 Å². The first-order chi connectivity index (χ1) is 14.7. The molecule has 31 heavy (non-hydrogen) atoms. The first-order valence-electron chi connectivity index (χ1n) is 8.96. The number of esters is 1. The van der Waals surface area contributed by atoms with Crippen LogP contribution in [0.1, 0.15) is 47.8 Å². The average Bonchev–Trinajstić information content (AvgIpc) is 3.00. The Kier molecular flexibility index (Phi) is 3.57. The molecule has 0 saturated heterocycles. The van der Waals surface area contributed by atoms with Crippen molar-refractivity contribution in [2.75, 3.05) is 0 Å². The summed E-state index contributed by atoms with van der Waals surface area (Å²) in [6.07, 6.45) is 0. The third-order valence-electron chi connectivity index (χ3n) is 5.39. The number of ether oxygens (including phenoxy) is 2. The Hall–Kier alpha value is -4.53. The van der Waals surface area contributed by atoms with Gasteiger partial charge in [-0.1, -0.05) is 6.07 Å². The van der Waals surface area contributed by atoms with Crippen LogP contribution in [-0.4, -0.2) is 38.3 Å². The minimum absolute atomic E-state index is 0.113. The van der Waals surface area contributed by atoms with Gasteiger partial charge in [0.1, 0.15) is 23.0 Å². The third-order valence-corrected chi connectivity index (χ3v) is 5.39. The van der Waals surface area contributed by atoms with E-state index in [1.807, 2.05) is 0 Å². The van der Waals surface area contributed by atoms with E-state index in [4.69, 9.17) is 9.47 Å². The molecule has 0 unspecified atom stereocenters. The normalized spacial score (nSPS) is 14.8. The second-order valence-electron chi connectivity index (χ2n) is 7.05. The number of carboxylic acids is 2. The van der Waals surface area contributed by atoms with Crippen molar-refractivity contribution in [3.8, 4) is 23.0 Å². The molecule has 0 amide bonds. The molecule has 0 radical (unpaired) electrons. The maximum Gasteiger partial charge on any atom is 0.341 e. The van der Waals surface area contributed by atoms with Crippen LogP contribution in [0, 0.1) is 0 Å². The SMILES string of the molecule is O=C(O)c1ccc2c(c1C(=O)O)C(=O)OC21c2ccc(O)cc2Oc2cc(O)ccc21. The molecule has 2 heterocycles. The Bertz CT molecular complexity index is 1290. The van der Waals surface area contributed by atoms with Gasteiger partial charge in [-0.05, 0) is 30.3 Å². The van der Waals surface area contributed by atoms with Gasteiger partial charge in [0.15, 0.2) is 5.60 Å². The summed E-state index contributed by atoms with van der Waals surface area (Å²) < 4.78 is 11.6. The third kappa shape index (κ3) is 2.34. The number of fused-ring (bicyclic) bond motifs is 6. The van der Waals surface area contributed by atoms with Gasteiger partial charge in [-0.15, -0.1) is 0 Å². The summed E-state index contributed by atoms with van der Waals surface area (Å²) in [5, 5.41) is 38.9. The van der Waals surface area contributed by atoms with Crippen molar-refractivity contribution in [2.24, 2.45) is 0 Å². The van der Waals surface area contributed by atoms with Gasteiger partial charge in [0.05, 0.1) is 16.7 Å². The zero-order chi connectivity index (χ0) is 22.1. The van der Waals surface area contributed by atoms with Crippen molar-refractivity contribution in [1.82, 2.24) is 0 Å². The zero-order valence-corrected chi connectivity index (χ0v) is 15.4. The topological polar surface area (TPSA) is 151 Å². The number of carbonyl (C=O) groups excluding carboxylic acids is 1. The number of hydrogen-bond acceptors (Lipinski definition) is 7. The first kappa shape index (κ1) is 18.5. The van der Waals surface area contributed by atoms with Gasteiger partial charge >= 0.3 is 17.9 Å². The predicted octanol–water partition coefficient (Wildman–Crippen LogP) is 3.06. The molecule has 1 spiro atoms. The lowest BCUT2D eigenvalue weighted by Crippen LogP contribution is -2.33. The summed E-state index contributed by atoms with van der Waals surface area (Å²) >= 11 is 0. The highest BCUT2D eigenvalue weighted by Gasteiger charge is 2.55. The van der Waals surface area contributed by atoms with Crippen molar-refractivity contribution >= 4 is 17.9 Å². The predicted molar refractivity (Wildman–Crippen MR) is 102 cm³/mol. The summed E-state index contributed by atoms with van der Waals surface area (Å²) in [4.78, 5) is 36.5. The highest BCUT2D eigenvalue weighted by molar-refractivity contribution is 6.12. The molecular weight excluding hydrogens is 408 g/mol. The number of phenols is 2. The van der Waals surface area contributed by atoms with E-state index in [2.05, 4.69) is 0 Å². The van der Waals surface area contributed by atoms with Crippen LogP contribution in [0.4, 0.5) is 0 Å². The maximum absolute atomic E-state index is 13.0. The highest BCUT2D eigenvalue weighted by Crippen LogP contribution is 2.57.